The molecule has 1 saturated heterocycles. The summed E-state index contributed by atoms with van der Waals surface area (Å²) in [5.41, 5.74) is 11.9. The van der Waals surface area contributed by atoms with Gasteiger partial charge in [-0.2, -0.15) is 0 Å². The first-order valence-corrected chi connectivity index (χ1v) is 11.5. The first-order chi connectivity index (χ1) is 15.9. The van der Waals surface area contributed by atoms with Crippen LogP contribution in [0.2, 0.25) is 0 Å². The van der Waals surface area contributed by atoms with E-state index in [-0.39, 0.29) is 12.0 Å². The highest BCUT2D eigenvalue weighted by molar-refractivity contribution is 6.03. The van der Waals surface area contributed by atoms with Gasteiger partial charge in [0, 0.05) is 31.7 Å². The number of piperidine rings is 1. The third-order valence-corrected chi connectivity index (χ3v) is 7.22. The molecule has 1 amide bonds. The lowest BCUT2D eigenvalue weighted by Crippen LogP contribution is -2.42. The van der Waals surface area contributed by atoms with Gasteiger partial charge < -0.3 is 15.7 Å². The van der Waals surface area contributed by atoms with Gasteiger partial charge in [0.05, 0.1) is 16.6 Å². The molecule has 4 aromatic rings. The number of primary amides is 1. The molecule has 5 rings (SSSR count). The largest absolute Gasteiger partial charge is 0.396 e. The monoisotopic (exact) mass is 442 g/mol. The molecule has 0 saturated carbocycles. The lowest BCUT2D eigenvalue weighted by molar-refractivity contribution is 0.100. The van der Waals surface area contributed by atoms with Crippen molar-refractivity contribution in [3.63, 3.8) is 0 Å². The van der Waals surface area contributed by atoms with E-state index in [9.17, 15) is 9.90 Å². The number of carbonyl (C=O) groups is 1. The average molecular weight is 443 g/mol. The van der Waals surface area contributed by atoms with Gasteiger partial charge in [0.25, 0.3) is 5.91 Å². The minimum absolute atomic E-state index is 0.0611. The van der Waals surface area contributed by atoms with Crippen molar-refractivity contribution in [1.82, 2.24) is 9.38 Å². The number of nitrogens with two attached hydrogens (primary N) is 1. The summed E-state index contributed by atoms with van der Waals surface area (Å²) in [7, 11) is 0. The molecule has 0 radical (unpaired) electrons. The number of benzene rings is 2. The van der Waals surface area contributed by atoms with E-state index in [1.807, 2.05) is 49.4 Å². The van der Waals surface area contributed by atoms with E-state index in [4.69, 9.17) is 10.7 Å². The Hall–Kier alpha value is -3.38. The Kier molecular flexibility index (Phi) is 5.33. The highest BCUT2D eigenvalue weighted by Gasteiger charge is 2.33. The van der Waals surface area contributed by atoms with Crippen LogP contribution in [0.25, 0.3) is 16.7 Å². The second kappa shape index (κ2) is 8.19. The van der Waals surface area contributed by atoms with Crippen molar-refractivity contribution in [2.45, 2.75) is 33.1 Å². The molecule has 1 fully saturated rings. The zero-order valence-corrected chi connectivity index (χ0v) is 19.2. The maximum Gasteiger partial charge on any atom is 0.252 e. The van der Waals surface area contributed by atoms with Crippen molar-refractivity contribution in [2.75, 3.05) is 24.6 Å². The van der Waals surface area contributed by atoms with Gasteiger partial charge >= 0.3 is 0 Å². The van der Waals surface area contributed by atoms with Crippen LogP contribution < -0.4 is 10.6 Å². The topological polar surface area (TPSA) is 83.9 Å². The molecule has 170 valence electrons. The molecule has 0 atom stereocenters. The second-order valence-corrected chi connectivity index (χ2v) is 9.54. The third-order valence-electron chi connectivity index (χ3n) is 7.22. The third kappa shape index (κ3) is 3.64. The summed E-state index contributed by atoms with van der Waals surface area (Å²) < 4.78 is 2.13. The number of hydrogen-bond acceptors (Lipinski definition) is 4. The SMILES string of the molecule is Cc1c(Cc2ccccc2)c(N2CCC(C)(CO)CC2)n2c(nc3ccccc32)c1C(N)=O. The van der Waals surface area contributed by atoms with E-state index in [0.717, 1.165) is 53.9 Å². The number of pyridine rings is 1. The first-order valence-electron chi connectivity index (χ1n) is 11.5. The number of amides is 1. The molecular weight excluding hydrogens is 412 g/mol. The Labute approximate surface area is 193 Å². The van der Waals surface area contributed by atoms with E-state index >= 15 is 0 Å². The zero-order valence-electron chi connectivity index (χ0n) is 19.2. The lowest BCUT2D eigenvalue weighted by atomic mass is 9.81. The fraction of sp³-hybridized carbons (Fsp3) is 0.333. The molecule has 1 aliphatic heterocycles. The number of imidazole rings is 1. The molecule has 2 aromatic heterocycles. The molecule has 0 spiro atoms. The normalized spacial score (nSPS) is 15.9. The van der Waals surface area contributed by atoms with Crippen LogP contribution in [0.3, 0.4) is 0 Å². The van der Waals surface area contributed by atoms with Gasteiger partial charge in [-0.05, 0) is 48.4 Å². The second-order valence-electron chi connectivity index (χ2n) is 9.54. The summed E-state index contributed by atoms with van der Waals surface area (Å²) in [6.45, 7) is 5.99. The Bertz CT molecular complexity index is 1340. The van der Waals surface area contributed by atoms with Crippen LogP contribution in [-0.2, 0) is 6.42 Å². The van der Waals surface area contributed by atoms with Crippen LogP contribution in [-0.4, -0.2) is 40.1 Å². The van der Waals surface area contributed by atoms with Crippen LogP contribution in [0, 0.1) is 12.3 Å². The molecule has 0 bridgehead atoms. The number of para-hydroxylation sites is 2. The van der Waals surface area contributed by atoms with Crippen LogP contribution in [0.1, 0.15) is 46.8 Å². The number of carbonyl (C=O) groups excluding carboxylic acids is 1. The molecule has 0 unspecified atom stereocenters. The highest BCUT2D eigenvalue weighted by atomic mass is 16.3. The predicted octanol–water partition coefficient (Wildman–Crippen LogP) is 4.08. The molecule has 6 heteroatoms. The number of nitrogens with zero attached hydrogens (tertiary/aromatic N) is 3. The Morgan fingerprint density at radius 1 is 1.09 bits per heavy atom. The van der Waals surface area contributed by atoms with Crippen molar-refractivity contribution in [3.8, 4) is 0 Å². The summed E-state index contributed by atoms with van der Waals surface area (Å²) >= 11 is 0. The highest BCUT2D eigenvalue weighted by Crippen LogP contribution is 2.38. The Morgan fingerprint density at radius 3 is 2.42 bits per heavy atom. The smallest absolute Gasteiger partial charge is 0.252 e. The number of aliphatic hydroxyl groups excluding tert-OH is 1. The van der Waals surface area contributed by atoms with Crippen LogP contribution in [0.5, 0.6) is 0 Å². The van der Waals surface area contributed by atoms with Crippen LogP contribution in [0.15, 0.2) is 54.6 Å². The van der Waals surface area contributed by atoms with Gasteiger partial charge in [0.2, 0.25) is 0 Å². The van der Waals surface area contributed by atoms with E-state index in [2.05, 4.69) is 28.4 Å². The van der Waals surface area contributed by atoms with Gasteiger partial charge in [-0.15, -0.1) is 0 Å². The summed E-state index contributed by atoms with van der Waals surface area (Å²) in [6, 6.07) is 18.3. The number of rotatable bonds is 5. The molecular formula is C27H30N4O2. The summed E-state index contributed by atoms with van der Waals surface area (Å²) in [6.07, 6.45) is 2.50. The number of fused-ring (bicyclic) bond motifs is 3. The van der Waals surface area contributed by atoms with Gasteiger partial charge in [0.1, 0.15) is 5.82 Å². The van der Waals surface area contributed by atoms with Crippen molar-refractivity contribution >= 4 is 28.4 Å². The Morgan fingerprint density at radius 2 is 1.76 bits per heavy atom. The maximum absolute atomic E-state index is 12.7. The quantitative estimate of drug-likeness (QED) is 0.488. The maximum atomic E-state index is 12.7. The molecule has 0 aliphatic carbocycles. The van der Waals surface area contributed by atoms with Gasteiger partial charge in [-0.25, -0.2) is 4.98 Å². The van der Waals surface area contributed by atoms with Crippen LogP contribution >= 0.6 is 0 Å². The predicted molar refractivity (Wildman–Crippen MR) is 132 cm³/mol. The van der Waals surface area contributed by atoms with Gasteiger partial charge in [0.15, 0.2) is 5.65 Å². The van der Waals surface area contributed by atoms with Crippen LogP contribution in [0.4, 0.5) is 5.82 Å². The van der Waals surface area contributed by atoms with Gasteiger partial charge in [-0.3, -0.25) is 9.20 Å². The summed E-state index contributed by atoms with van der Waals surface area (Å²) in [4.78, 5) is 19.9. The van der Waals surface area contributed by atoms with Crippen molar-refractivity contribution < 1.29 is 9.90 Å². The zero-order chi connectivity index (χ0) is 23.2. The summed E-state index contributed by atoms with van der Waals surface area (Å²) in [5.74, 6) is 0.616. The van der Waals surface area contributed by atoms with E-state index in [1.165, 1.54) is 5.56 Å². The van der Waals surface area contributed by atoms with Crippen molar-refractivity contribution in [1.29, 1.82) is 0 Å². The first kappa shape index (κ1) is 21.5. The fourth-order valence-electron chi connectivity index (χ4n) is 5.08. The van der Waals surface area contributed by atoms with E-state index < -0.39 is 5.91 Å². The molecule has 3 heterocycles. The molecule has 33 heavy (non-hydrogen) atoms. The number of hydrogen-bond donors (Lipinski definition) is 2. The minimum atomic E-state index is -0.458. The molecule has 1 aliphatic rings. The number of aromatic nitrogens is 2. The lowest BCUT2D eigenvalue weighted by Gasteiger charge is -2.40. The Balaban J connectivity index is 1.80. The summed E-state index contributed by atoms with van der Waals surface area (Å²) in [5, 5.41) is 9.89. The average Bonchev–Trinajstić information content (AvgIpc) is 3.19. The molecule has 3 N–H and O–H groups in total. The van der Waals surface area contributed by atoms with Crippen molar-refractivity contribution in [3.05, 3.63) is 76.9 Å². The van der Waals surface area contributed by atoms with Gasteiger partial charge in [-0.1, -0.05) is 49.4 Å². The van der Waals surface area contributed by atoms with Crippen molar-refractivity contribution in [2.24, 2.45) is 11.1 Å². The minimum Gasteiger partial charge on any atom is -0.396 e. The fourth-order valence-corrected chi connectivity index (χ4v) is 5.08. The van der Waals surface area contributed by atoms with E-state index in [0.29, 0.717) is 17.6 Å². The van der Waals surface area contributed by atoms with E-state index in [1.54, 1.807) is 0 Å². The molecule has 6 nitrogen and oxygen atoms in total. The number of aliphatic hydroxyl groups is 1. The molecule has 2 aromatic carbocycles. The standard InChI is InChI=1S/C27H30N4O2/c1-18-20(16-19-8-4-3-5-9-19)26(30-14-12-27(2,17-32)13-15-30)31-22-11-7-6-10-21(22)29-25(31)23(18)24(28)33/h3-11,32H,12-17H2,1-2H3,(H2,28,33). The number of anilines is 1.